The zero-order valence-corrected chi connectivity index (χ0v) is 11.4. The quantitative estimate of drug-likeness (QED) is 0.758. The summed E-state index contributed by atoms with van der Waals surface area (Å²) in [5.41, 5.74) is 0. The highest BCUT2D eigenvalue weighted by atomic mass is 32.2. The van der Waals surface area contributed by atoms with Gasteiger partial charge < -0.3 is 14.9 Å². The first-order valence-corrected chi connectivity index (χ1v) is 8.19. The molecule has 2 saturated heterocycles. The topological polar surface area (TPSA) is 95.0 Å². The molecule has 8 heteroatoms. The molecule has 0 saturated carbocycles. The van der Waals surface area contributed by atoms with E-state index in [1.165, 1.54) is 4.90 Å². The standard InChI is InChI=1S/C11H18N2O5S/c14-10(15)8-9-2-1-3-13(9)11(16)12-4-6-19(17,18)7-5-12/h9H,1-8H2,(H,14,15). The number of hydrogen-bond acceptors (Lipinski definition) is 4. The monoisotopic (exact) mass is 290 g/mol. The zero-order chi connectivity index (χ0) is 14.0. The zero-order valence-electron chi connectivity index (χ0n) is 10.6. The molecule has 108 valence electrons. The van der Waals surface area contributed by atoms with Crippen molar-refractivity contribution in [1.82, 2.24) is 9.80 Å². The number of carboxylic acid groups (broad SMARTS) is 1. The summed E-state index contributed by atoms with van der Waals surface area (Å²) in [7, 11) is -3.01. The number of nitrogens with zero attached hydrogens (tertiary/aromatic N) is 2. The number of urea groups is 1. The smallest absolute Gasteiger partial charge is 0.320 e. The number of rotatable bonds is 2. The van der Waals surface area contributed by atoms with Crippen LogP contribution in [0.15, 0.2) is 0 Å². The van der Waals surface area contributed by atoms with Crippen molar-refractivity contribution in [1.29, 1.82) is 0 Å². The molecule has 2 fully saturated rings. The average molecular weight is 290 g/mol. The van der Waals surface area contributed by atoms with Crippen LogP contribution in [-0.4, -0.2) is 72.5 Å². The van der Waals surface area contributed by atoms with Gasteiger partial charge in [0, 0.05) is 25.7 Å². The lowest BCUT2D eigenvalue weighted by molar-refractivity contribution is -0.138. The summed E-state index contributed by atoms with van der Waals surface area (Å²) in [5, 5.41) is 8.82. The summed E-state index contributed by atoms with van der Waals surface area (Å²) >= 11 is 0. The Morgan fingerprint density at radius 3 is 2.37 bits per heavy atom. The largest absolute Gasteiger partial charge is 0.481 e. The number of carbonyl (C=O) groups is 2. The van der Waals surface area contributed by atoms with Crippen LogP contribution in [0.3, 0.4) is 0 Å². The first-order chi connectivity index (χ1) is 8.89. The van der Waals surface area contributed by atoms with E-state index in [1.807, 2.05) is 0 Å². The summed E-state index contributed by atoms with van der Waals surface area (Å²) < 4.78 is 22.6. The maximum atomic E-state index is 12.3. The van der Waals surface area contributed by atoms with E-state index < -0.39 is 15.8 Å². The number of carboxylic acids is 1. The molecule has 0 bridgehead atoms. The molecular formula is C11H18N2O5S. The fourth-order valence-electron chi connectivity index (χ4n) is 2.59. The van der Waals surface area contributed by atoms with Gasteiger partial charge in [-0.1, -0.05) is 0 Å². The van der Waals surface area contributed by atoms with Crippen LogP contribution in [0.2, 0.25) is 0 Å². The lowest BCUT2D eigenvalue weighted by Gasteiger charge is -2.33. The molecule has 1 atom stereocenters. The molecule has 2 aliphatic rings. The number of hydrogen-bond donors (Lipinski definition) is 1. The summed E-state index contributed by atoms with van der Waals surface area (Å²) in [4.78, 5) is 26.1. The van der Waals surface area contributed by atoms with Crippen molar-refractivity contribution in [2.45, 2.75) is 25.3 Å². The minimum atomic E-state index is -3.01. The molecular weight excluding hydrogens is 272 g/mol. The van der Waals surface area contributed by atoms with E-state index in [0.717, 1.165) is 6.42 Å². The number of amides is 2. The number of sulfone groups is 1. The van der Waals surface area contributed by atoms with Crippen LogP contribution >= 0.6 is 0 Å². The molecule has 1 unspecified atom stereocenters. The van der Waals surface area contributed by atoms with E-state index in [9.17, 15) is 18.0 Å². The molecule has 2 rings (SSSR count). The summed E-state index contributed by atoms with van der Waals surface area (Å²) in [6.07, 6.45) is 1.46. The van der Waals surface area contributed by atoms with Crippen LogP contribution in [0.5, 0.6) is 0 Å². The van der Waals surface area contributed by atoms with Crippen molar-refractivity contribution in [2.75, 3.05) is 31.1 Å². The predicted molar refractivity (Wildman–Crippen MR) is 67.6 cm³/mol. The van der Waals surface area contributed by atoms with Gasteiger partial charge in [-0.15, -0.1) is 0 Å². The Balaban J connectivity index is 1.97. The van der Waals surface area contributed by atoms with E-state index >= 15 is 0 Å². The van der Waals surface area contributed by atoms with Crippen LogP contribution in [0.1, 0.15) is 19.3 Å². The van der Waals surface area contributed by atoms with Crippen LogP contribution < -0.4 is 0 Å². The second-order valence-electron chi connectivity index (χ2n) is 5.01. The van der Waals surface area contributed by atoms with Gasteiger partial charge in [0.25, 0.3) is 0 Å². The normalized spacial score (nSPS) is 26.4. The number of carbonyl (C=O) groups excluding carboxylic acids is 1. The van der Waals surface area contributed by atoms with Crippen molar-refractivity contribution in [3.8, 4) is 0 Å². The number of aliphatic carboxylic acids is 1. The predicted octanol–water partition coefficient (Wildman–Crippen LogP) is -0.224. The Morgan fingerprint density at radius 1 is 1.16 bits per heavy atom. The minimum absolute atomic E-state index is 0.00379. The molecule has 19 heavy (non-hydrogen) atoms. The molecule has 2 amide bonds. The third kappa shape index (κ3) is 3.37. The third-order valence-electron chi connectivity index (χ3n) is 3.65. The molecule has 2 heterocycles. The van der Waals surface area contributed by atoms with Gasteiger partial charge in [0.15, 0.2) is 9.84 Å². The molecule has 2 aliphatic heterocycles. The lowest BCUT2D eigenvalue weighted by Crippen LogP contribution is -2.51. The van der Waals surface area contributed by atoms with Gasteiger partial charge in [-0.2, -0.15) is 0 Å². The maximum absolute atomic E-state index is 12.3. The first kappa shape index (κ1) is 14.1. The molecule has 7 nitrogen and oxygen atoms in total. The first-order valence-electron chi connectivity index (χ1n) is 6.37. The van der Waals surface area contributed by atoms with E-state index in [2.05, 4.69) is 0 Å². The van der Waals surface area contributed by atoms with Crippen molar-refractivity contribution in [3.63, 3.8) is 0 Å². The van der Waals surface area contributed by atoms with E-state index in [1.54, 1.807) is 4.90 Å². The van der Waals surface area contributed by atoms with Crippen molar-refractivity contribution >= 4 is 21.8 Å². The minimum Gasteiger partial charge on any atom is -0.481 e. The average Bonchev–Trinajstić information content (AvgIpc) is 2.75. The molecule has 0 spiro atoms. The molecule has 0 aromatic carbocycles. The molecule has 0 aromatic rings. The fourth-order valence-corrected chi connectivity index (χ4v) is 3.79. The summed E-state index contributed by atoms with van der Waals surface area (Å²) in [6, 6.07) is -0.484. The van der Waals surface area contributed by atoms with Crippen molar-refractivity contribution in [2.24, 2.45) is 0 Å². The Hall–Kier alpha value is -1.31. The van der Waals surface area contributed by atoms with Crippen LogP contribution in [0, 0.1) is 0 Å². The lowest BCUT2D eigenvalue weighted by atomic mass is 10.1. The van der Waals surface area contributed by atoms with Crippen LogP contribution in [0.25, 0.3) is 0 Å². The van der Waals surface area contributed by atoms with Gasteiger partial charge in [-0.25, -0.2) is 13.2 Å². The third-order valence-corrected chi connectivity index (χ3v) is 5.26. The second kappa shape index (κ2) is 5.36. The van der Waals surface area contributed by atoms with Crippen LogP contribution in [0.4, 0.5) is 4.79 Å². The number of likely N-dealkylation sites (tertiary alicyclic amines) is 1. The maximum Gasteiger partial charge on any atom is 0.320 e. The molecule has 0 aromatic heterocycles. The molecule has 0 radical (unpaired) electrons. The Morgan fingerprint density at radius 2 is 1.79 bits per heavy atom. The highest BCUT2D eigenvalue weighted by molar-refractivity contribution is 7.91. The van der Waals surface area contributed by atoms with Gasteiger partial charge in [0.2, 0.25) is 0 Å². The van der Waals surface area contributed by atoms with Gasteiger partial charge in [-0.05, 0) is 12.8 Å². The highest BCUT2D eigenvalue weighted by Gasteiger charge is 2.35. The van der Waals surface area contributed by atoms with Crippen molar-refractivity contribution < 1.29 is 23.1 Å². The summed E-state index contributed by atoms with van der Waals surface area (Å²) in [6.45, 7) is 0.967. The van der Waals surface area contributed by atoms with Gasteiger partial charge in [0.05, 0.1) is 17.9 Å². The van der Waals surface area contributed by atoms with E-state index in [0.29, 0.717) is 13.0 Å². The highest BCUT2D eigenvalue weighted by Crippen LogP contribution is 2.22. The molecule has 0 aliphatic carbocycles. The van der Waals surface area contributed by atoms with Crippen LogP contribution in [-0.2, 0) is 14.6 Å². The Kier molecular flexibility index (Phi) is 3.98. The SMILES string of the molecule is O=C(O)CC1CCCN1C(=O)N1CCS(=O)(=O)CC1. The van der Waals surface area contributed by atoms with Gasteiger partial charge in [0.1, 0.15) is 0 Å². The van der Waals surface area contributed by atoms with E-state index in [4.69, 9.17) is 5.11 Å². The Labute approximate surface area is 112 Å². The van der Waals surface area contributed by atoms with E-state index in [-0.39, 0.29) is 43.1 Å². The molecule has 1 N–H and O–H groups in total. The fraction of sp³-hybridized carbons (Fsp3) is 0.818. The second-order valence-corrected chi connectivity index (χ2v) is 7.31. The van der Waals surface area contributed by atoms with Gasteiger partial charge >= 0.3 is 12.0 Å². The van der Waals surface area contributed by atoms with Gasteiger partial charge in [-0.3, -0.25) is 4.79 Å². The Bertz CT molecular complexity index is 461. The van der Waals surface area contributed by atoms with Crippen molar-refractivity contribution in [3.05, 3.63) is 0 Å². The summed E-state index contributed by atoms with van der Waals surface area (Å²) in [5.74, 6) is -0.919.